The smallest absolute Gasteiger partial charge is 0.408 e. The molecule has 5 nitrogen and oxygen atoms in total. The predicted octanol–water partition coefficient (Wildman–Crippen LogP) is 2.16. The highest BCUT2D eigenvalue weighted by Gasteiger charge is 2.19. The summed E-state index contributed by atoms with van der Waals surface area (Å²) in [6, 6.07) is 0. The minimum atomic E-state index is -0.542. The summed E-state index contributed by atoms with van der Waals surface area (Å²) < 4.78 is 5.08. The van der Waals surface area contributed by atoms with Crippen LogP contribution in [0.25, 0.3) is 0 Å². The highest BCUT2D eigenvalue weighted by atomic mass is 16.6. The van der Waals surface area contributed by atoms with Crippen LogP contribution in [0.1, 0.15) is 46.5 Å². The quantitative estimate of drug-likeness (QED) is 0.757. The number of alkyl carbamates (subject to hydrolysis) is 1. The van der Waals surface area contributed by atoms with E-state index in [1.54, 1.807) is 20.8 Å². The number of ketones is 1. The van der Waals surface area contributed by atoms with E-state index in [1.165, 1.54) is 5.57 Å². The number of nitrogens with one attached hydrogen (secondary N) is 1. The minimum Gasteiger partial charge on any atom is -0.444 e. The van der Waals surface area contributed by atoms with Crippen LogP contribution in [0.15, 0.2) is 11.6 Å². The Morgan fingerprint density at radius 2 is 2.15 bits per heavy atom. The second-order valence-corrected chi connectivity index (χ2v) is 6.31. The fraction of sp³-hybridized carbons (Fsp3) is 0.733. The van der Waals surface area contributed by atoms with Gasteiger partial charge >= 0.3 is 6.09 Å². The van der Waals surface area contributed by atoms with Gasteiger partial charge in [0.1, 0.15) is 5.60 Å². The highest BCUT2D eigenvalue weighted by Crippen LogP contribution is 2.25. The molecule has 0 radical (unpaired) electrons. The molecule has 0 bridgehead atoms. The molecule has 0 aliphatic heterocycles. The molecule has 0 saturated carbocycles. The van der Waals surface area contributed by atoms with Crippen molar-refractivity contribution in [2.45, 2.75) is 52.1 Å². The predicted molar refractivity (Wildman–Crippen MR) is 78.3 cm³/mol. The van der Waals surface area contributed by atoms with Crippen LogP contribution in [-0.4, -0.2) is 30.6 Å². The second-order valence-electron chi connectivity index (χ2n) is 6.31. The number of hydrogen-bond acceptors (Lipinski definition) is 4. The zero-order valence-corrected chi connectivity index (χ0v) is 12.7. The fourth-order valence-corrected chi connectivity index (χ4v) is 2.19. The largest absolute Gasteiger partial charge is 0.444 e. The van der Waals surface area contributed by atoms with Crippen LogP contribution in [0.3, 0.4) is 0 Å². The van der Waals surface area contributed by atoms with Crippen molar-refractivity contribution < 1.29 is 14.3 Å². The third-order valence-corrected chi connectivity index (χ3v) is 3.22. The number of carbonyl (C=O) groups is 2. The van der Waals surface area contributed by atoms with Crippen molar-refractivity contribution in [3.8, 4) is 0 Å². The van der Waals surface area contributed by atoms with E-state index in [9.17, 15) is 9.59 Å². The summed E-state index contributed by atoms with van der Waals surface area (Å²) in [5.41, 5.74) is 6.32. The molecule has 0 spiro atoms. The van der Waals surface area contributed by atoms with Gasteiger partial charge in [0.2, 0.25) is 0 Å². The van der Waals surface area contributed by atoms with Gasteiger partial charge in [-0.25, -0.2) is 4.79 Å². The first-order chi connectivity index (χ1) is 9.30. The molecule has 1 aliphatic carbocycles. The van der Waals surface area contributed by atoms with E-state index < -0.39 is 11.7 Å². The Morgan fingerprint density at radius 3 is 2.65 bits per heavy atom. The van der Waals surface area contributed by atoms with Crippen molar-refractivity contribution in [2.24, 2.45) is 11.7 Å². The lowest BCUT2D eigenvalue weighted by Gasteiger charge is -2.21. The Hall–Kier alpha value is -1.36. The van der Waals surface area contributed by atoms with Gasteiger partial charge in [0.15, 0.2) is 5.78 Å². The second kappa shape index (κ2) is 7.43. The van der Waals surface area contributed by atoms with E-state index >= 15 is 0 Å². The maximum Gasteiger partial charge on any atom is 0.408 e. The summed E-state index contributed by atoms with van der Waals surface area (Å²) in [6.45, 7) is 6.02. The zero-order valence-electron chi connectivity index (χ0n) is 12.7. The summed E-state index contributed by atoms with van der Waals surface area (Å²) in [4.78, 5) is 23.2. The lowest BCUT2D eigenvalue weighted by molar-refractivity contribution is -0.119. The molecule has 0 aromatic heterocycles. The minimum absolute atomic E-state index is 0.0405. The van der Waals surface area contributed by atoms with Gasteiger partial charge in [-0.1, -0.05) is 11.6 Å². The van der Waals surface area contributed by atoms with Crippen LogP contribution in [0.4, 0.5) is 4.79 Å². The maximum absolute atomic E-state index is 11.8. The molecule has 1 atom stereocenters. The van der Waals surface area contributed by atoms with Gasteiger partial charge in [-0.2, -0.15) is 0 Å². The van der Waals surface area contributed by atoms with Crippen LogP contribution in [0, 0.1) is 5.92 Å². The Morgan fingerprint density at radius 1 is 1.45 bits per heavy atom. The molecule has 0 aromatic rings. The first kappa shape index (κ1) is 16.7. The summed E-state index contributed by atoms with van der Waals surface area (Å²) in [7, 11) is 0. The Kier molecular flexibility index (Phi) is 6.20. The molecule has 0 heterocycles. The van der Waals surface area contributed by atoms with Gasteiger partial charge in [0.05, 0.1) is 6.54 Å². The van der Waals surface area contributed by atoms with Crippen molar-refractivity contribution in [1.29, 1.82) is 0 Å². The number of amides is 1. The molecule has 0 aromatic carbocycles. The standard InChI is InChI=1S/C15H26N2O3/c1-15(2,3)20-14(19)17-10-13(18)8-11-4-6-12(9-16)7-5-11/h6,11H,4-5,7-10,16H2,1-3H3,(H,17,19). The molecule has 1 unspecified atom stereocenters. The highest BCUT2D eigenvalue weighted by molar-refractivity contribution is 5.84. The number of ether oxygens (including phenoxy) is 1. The molecule has 114 valence electrons. The van der Waals surface area contributed by atoms with Crippen molar-refractivity contribution in [1.82, 2.24) is 5.32 Å². The molecule has 1 amide bonds. The average molecular weight is 282 g/mol. The third kappa shape index (κ3) is 6.70. The summed E-state index contributed by atoms with van der Waals surface area (Å²) in [5, 5.41) is 2.50. The lowest BCUT2D eigenvalue weighted by atomic mass is 9.86. The molecule has 20 heavy (non-hydrogen) atoms. The molecule has 1 aliphatic rings. The van der Waals surface area contributed by atoms with Gasteiger partial charge < -0.3 is 15.8 Å². The van der Waals surface area contributed by atoms with Crippen molar-refractivity contribution in [3.63, 3.8) is 0 Å². The Balaban J connectivity index is 2.24. The first-order valence-corrected chi connectivity index (χ1v) is 7.16. The fourth-order valence-electron chi connectivity index (χ4n) is 2.19. The molecule has 1 rings (SSSR count). The summed E-state index contributed by atoms with van der Waals surface area (Å²) in [5.74, 6) is 0.420. The van der Waals surface area contributed by atoms with E-state index in [-0.39, 0.29) is 12.3 Å². The molecule has 0 fully saturated rings. The topological polar surface area (TPSA) is 81.4 Å². The van der Waals surface area contributed by atoms with Gasteiger partial charge in [0, 0.05) is 13.0 Å². The van der Waals surface area contributed by atoms with Crippen molar-refractivity contribution in [3.05, 3.63) is 11.6 Å². The third-order valence-electron chi connectivity index (χ3n) is 3.22. The first-order valence-electron chi connectivity index (χ1n) is 7.16. The van der Waals surface area contributed by atoms with E-state index in [0.29, 0.717) is 18.9 Å². The molecular weight excluding hydrogens is 256 g/mol. The molecule has 5 heteroatoms. The van der Waals surface area contributed by atoms with Crippen LogP contribution in [0.2, 0.25) is 0 Å². The summed E-state index contributed by atoms with van der Waals surface area (Å²) in [6.07, 6.45) is 4.99. The van der Waals surface area contributed by atoms with E-state index in [4.69, 9.17) is 10.5 Å². The zero-order chi connectivity index (χ0) is 15.2. The average Bonchev–Trinajstić information content (AvgIpc) is 2.35. The van der Waals surface area contributed by atoms with Crippen LogP contribution < -0.4 is 11.1 Å². The number of carbonyl (C=O) groups excluding carboxylic acids is 2. The van der Waals surface area contributed by atoms with Crippen LogP contribution >= 0.6 is 0 Å². The van der Waals surface area contributed by atoms with Gasteiger partial charge in [0.25, 0.3) is 0 Å². The molecule has 0 saturated heterocycles. The van der Waals surface area contributed by atoms with E-state index in [0.717, 1.165) is 19.3 Å². The number of rotatable bonds is 5. The van der Waals surface area contributed by atoms with Gasteiger partial charge in [-0.05, 0) is 46.0 Å². The Labute approximate surface area is 120 Å². The number of Topliss-reactive ketones (excluding diaryl/α,β-unsaturated/α-hetero) is 1. The summed E-state index contributed by atoms with van der Waals surface area (Å²) >= 11 is 0. The normalized spacial score (nSPS) is 19.2. The van der Waals surface area contributed by atoms with Gasteiger partial charge in [-0.3, -0.25) is 4.79 Å². The van der Waals surface area contributed by atoms with Crippen molar-refractivity contribution in [2.75, 3.05) is 13.1 Å². The number of nitrogens with two attached hydrogens (primary N) is 1. The maximum atomic E-state index is 11.8. The number of hydrogen-bond donors (Lipinski definition) is 2. The number of allylic oxidation sites excluding steroid dienone is 1. The SMILES string of the molecule is CC(C)(C)OC(=O)NCC(=O)CC1CC=C(CN)CC1. The van der Waals surface area contributed by atoms with E-state index in [1.807, 2.05) is 0 Å². The monoisotopic (exact) mass is 282 g/mol. The molecular formula is C15H26N2O3. The Bertz CT molecular complexity index is 383. The van der Waals surface area contributed by atoms with Crippen LogP contribution in [0.5, 0.6) is 0 Å². The van der Waals surface area contributed by atoms with Crippen LogP contribution in [-0.2, 0) is 9.53 Å². The lowest BCUT2D eigenvalue weighted by Crippen LogP contribution is -2.35. The van der Waals surface area contributed by atoms with Gasteiger partial charge in [-0.15, -0.1) is 0 Å². The van der Waals surface area contributed by atoms with E-state index in [2.05, 4.69) is 11.4 Å². The molecule has 3 N–H and O–H groups in total. The van der Waals surface area contributed by atoms with Crippen molar-refractivity contribution >= 4 is 11.9 Å².